The maximum absolute atomic E-state index is 13.3. The number of carbonyl (C=O) groups is 1. The lowest BCUT2D eigenvalue weighted by atomic mass is 10.2. The molecule has 1 aromatic heterocycles. The first-order chi connectivity index (χ1) is 11.0. The molecule has 6 heteroatoms. The summed E-state index contributed by atoms with van der Waals surface area (Å²) < 4.78 is 25.3. The van der Waals surface area contributed by atoms with E-state index in [1.165, 1.54) is 18.2 Å². The Hall–Kier alpha value is -2.63. The first-order valence-corrected chi connectivity index (χ1v) is 7.21. The molecule has 1 heterocycles. The summed E-state index contributed by atoms with van der Waals surface area (Å²) in [4.78, 5) is 11.7. The van der Waals surface area contributed by atoms with Crippen molar-refractivity contribution in [3.8, 4) is 5.75 Å². The van der Waals surface area contributed by atoms with E-state index in [0.29, 0.717) is 0 Å². The Balaban J connectivity index is 1.79. The molecule has 0 bridgehead atoms. The number of nitrogens with zero attached hydrogens (tertiary/aromatic N) is 2. The Morgan fingerprint density at radius 1 is 1.30 bits per heavy atom. The number of hydrogen-bond donors (Lipinski definition) is 0. The van der Waals surface area contributed by atoms with E-state index in [1.807, 2.05) is 20.9 Å². The molecule has 0 radical (unpaired) electrons. The quantitative estimate of drug-likeness (QED) is 0.467. The van der Waals surface area contributed by atoms with E-state index in [9.17, 15) is 9.18 Å². The van der Waals surface area contributed by atoms with Crippen molar-refractivity contribution in [2.75, 3.05) is 13.2 Å². The predicted molar refractivity (Wildman–Crippen MR) is 84.6 cm³/mol. The molecule has 0 saturated carbocycles. The average Bonchev–Trinajstić information content (AvgIpc) is 2.76. The lowest BCUT2D eigenvalue weighted by Gasteiger charge is -2.06. The predicted octanol–water partition coefficient (Wildman–Crippen LogP) is 2.81. The normalized spacial score (nSPS) is 11.0. The number of ether oxygens (including phenoxy) is 2. The van der Waals surface area contributed by atoms with E-state index in [0.717, 1.165) is 17.0 Å². The molecular weight excluding hydrogens is 299 g/mol. The number of benzene rings is 1. The molecule has 1 aromatic carbocycles. The van der Waals surface area contributed by atoms with E-state index < -0.39 is 11.8 Å². The van der Waals surface area contributed by atoms with Crippen LogP contribution < -0.4 is 4.74 Å². The van der Waals surface area contributed by atoms with Crippen molar-refractivity contribution in [3.05, 3.63) is 53.1 Å². The number of para-hydroxylation sites is 1. The second kappa shape index (κ2) is 7.58. The van der Waals surface area contributed by atoms with E-state index in [2.05, 4.69) is 5.10 Å². The number of halogens is 1. The SMILES string of the molecule is Cc1nn(C)c(C)c1/C=C/C(=O)OCCOc1ccccc1F. The summed E-state index contributed by atoms with van der Waals surface area (Å²) in [6.07, 6.45) is 3.03. The Bertz CT molecular complexity index is 723. The van der Waals surface area contributed by atoms with Crippen LogP contribution in [0.2, 0.25) is 0 Å². The van der Waals surface area contributed by atoms with Crippen molar-refractivity contribution in [3.63, 3.8) is 0 Å². The molecule has 2 aromatic rings. The highest BCUT2D eigenvalue weighted by atomic mass is 19.1. The van der Waals surface area contributed by atoms with Gasteiger partial charge in [0.15, 0.2) is 11.6 Å². The maximum Gasteiger partial charge on any atom is 0.330 e. The van der Waals surface area contributed by atoms with Gasteiger partial charge in [-0.25, -0.2) is 9.18 Å². The Morgan fingerprint density at radius 2 is 2.04 bits per heavy atom. The second-order valence-corrected chi connectivity index (χ2v) is 4.99. The van der Waals surface area contributed by atoms with Gasteiger partial charge in [-0.2, -0.15) is 5.10 Å². The zero-order chi connectivity index (χ0) is 16.8. The van der Waals surface area contributed by atoms with Crippen LogP contribution in [0.4, 0.5) is 4.39 Å². The van der Waals surface area contributed by atoms with Crippen LogP contribution in [-0.2, 0) is 16.6 Å². The number of aryl methyl sites for hydroxylation is 2. The molecule has 0 atom stereocenters. The van der Waals surface area contributed by atoms with Crippen LogP contribution in [0.25, 0.3) is 6.08 Å². The molecule has 0 aliphatic rings. The van der Waals surface area contributed by atoms with Crippen LogP contribution in [0.1, 0.15) is 17.0 Å². The van der Waals surface area contributed by atoms with Gasteiger partial charge in [0.05, 0.1) is 5.69 Å². The van der Waals surface area contributed by atoms with Gasteiger partial charge < -0.3 is 9.47 Å². The van der Waals surface area contributed by atoms with Gasteiger partial charge in [-0.3, -0.25) is 4.68 Å². The molecule has 2 rings (SSSR count). The molecule has 122 valence electrons. The minimum atomic E-state index is -0.482. The number of aromatic nitrogens is 2. The highest BCUT2D eigenvalue weighted by Crippen LogP contribution is 2.15. The molecule has 0 N–H and O–H groups in total. The minimum Gasteiger partial charge on any atom is -0.487 e. The molecular formula is C17H19FN2O3. The zero-order valence-corrected chi connectivity index (χ0v) is 13.4. The van der Waals surface area contributed by atoms with Crippen LogP contribution in [0.3, 0.4) is 0 Å². The van der Waals surface area contributed by atoms with Crippen LogP contribution in [0, 0.1) is 19.7 Å². The summed E-state index contributed by atoms with van der Waals surface area (Å²) >= 11 is 0. The third kappa shape index (κ3) is 4.42. The van der Waals surface area contributed by atoms with Gasteiger partial charge in [-0.05, 0) is 32.1 Å². The molecule has 0 aliphatic heterocycles. The minimum absolute atomic E-state index is 0.0442. The molecule has 0 aliphatic carbocycles. The number of hydrogen-bond acceptors (Lipinski definition) is 4. The third-order valence-electron chi connectivity index (χ3n) is 3.37. The largest absolute Gasteiger partial charge is 0.487 e. The smallest absolute Gasteiger partial charge is 0.330 e. The van der Waals surface area contributed by atoms with Crippen LogP contribution in [0.15, 0.2) is 30.3 Å². The van der Waals surface area contributed by atoms with Crippen LogP contribution >= 0.6 is 0 Å². The maximum atomic E-state index is 13.3. The second-order valence-electron chi connectivity index (χ2n) is 4.99. The van der Waals surface area contributed by atoms with Crippen LogP contribution in [0.5, 0.6) is 5.75 Å². The van der Waals surface area contributed by atoms with Gasteiger partial charge in [0.2, 0.25) is 0 Å². The molecule has 0 fully saturated rings. The summed E-state index contributed by atoms with van der Waals surface area (Å²) in [6, 6.07) is 6.08. The monoisotopic (exact) mass is 318 g/mol. The lowest BCUT2D eigenvalue weighted by molar-refractivity contribution is -0.138. The van der Waals surface area contributed by atoms with E-state index >= 15 is 0 Å². The van der Waals surface area contributed by atoms with Gasteiger partial charge in [-0.15, -0.1) is 0 Å². The fraction of sp³-hybridized carbons (Fsp3) is 0.294. The summed E-state index contributed by atoms with van der Waals surface area (Å²) in [5.41, 5.74) is 2.71. The number of esters is 1. The lowest BCUT2D eigenvalue weighted by Crippen LogP contribution is -2.10. The van der Waals surface area contributed by atoms with Crippen molar-refractivity contribution in [1.29, 1.82) is 0 Å². The van der Waals surface area contributed by atoms with Crippen molar-refractivity contribution in [2.24, 2.45) is 7.05 Å². The molecule has 0 spiro atoms. The topological polar surface area (TPSA) is 53.4 Å². The summed E-state index contributed by atoms with van der Waals surface area (Å²) in [5, 5.41) is 4.26. The summed E-state index contributed by atoms with van der Waals surface area (Å²) in [5.74, 6) is -0.785. The van der Waals surface area contributed by atoms with Gasteiger partial charge >= 0.3 is 5.97 Å². The van der Waals surface area contributed by atoms with Gasteiger partial charge in [-0.1, -0.05) is 12.1 Å². The Kier molecular flexibility index (Phi) is 5.51. The third-order valence-corrected chi connectivity index (χ3v) is 3.37. The standard InChI is InChI=1S/C17H19FN2O3/c1-12-14(13(2)20(3)19-12)8-9-17(21)23-11-10-22-16-7-5-4-6-15(16)18/h4-9H,10-11H2,1-3H3/b9-8+. The molecule has 23 heavy (non-hydrogen) atoms. The molecule has 0 saturated heterocycles. The van der Waals surface area contributed by atoms with E-state index in [4.69, 9.17) is 9.47 Å². The molecule has 0 unspecified atom stereocenters. The van der Waals surface area contributed by atoms with Gasteiger partial charge in [0.25, 0.3) is 0 Å². The van der Waals surface area contributed by atoms with Crippen molar-refractivity contribution in [2.45, 2.75) is 13.8 Å². The number of carbonyl (C=O) groups excluding carboxylic acids is 1. The molecule has 0 amide bonds. The number of rotatable bonds is 6. The van der Waals surface area contributed by atoms with Crippen molar-refractivity contribution in [1.82, 2.24) is 9.78 Å². The summed E-state index contributed by atoms with van der Waals surface area (Å²) in [7, 11) is 1.85. The van der Waals surface area contributed by atoms with Gasteiger partial charge in [0, 0.05) is 24.4 Å². The first kappa shape index (κ1) is 16.7. The highest BCUT2D eigenvalue weighted by molar-refractivity contribution is 5.87. The van der Waals surface area contributed by atoms with Crippen molar-refractivity contribution >= 4 is 12.0 Å². The fourth-order valence-corrected chi connectivity index (χ4v) is 2.09. The first-order valence-electron chi connectivity index (χ1n) is 7.21. The zero-order valence-electron chi connectivity index (χ0n) is 13.4. The molecule has 5 nitrogen and oxygen atoms in total. The highest BCUT2D eigenvalue weighted by Gasteiger charge is 2.07. The van der Waals surface area contributed by atoms with Crippen molar-refractivity contribution < 1.29 is 18.7 Å². The Morgan fingerprint density at radius 3 is 2.70 bits per heavy atom. The summed E-state index contributed by atoms with van der Waals surface area (Å²) in [6.45, 7) is 3.93. The average molecular weight is 318 g/mol. The van der Waals surface area contributed by atoms with E-state index in [-0.39, 0.29) is 19.0 Å². The fourth-order valence-electron chi connectivity index (χ4n) is 2.09. The van der Waals surface area contributed by atoms with Gasteiger partial charge in [0.1, 0.15) is 13.2 Å². The van der Waals surface area contributed by atoms with E-state index in [1.54, 1.807) is 22.9 Å². The Labute approximate surface area is 134 Å². The van der Waals surface area contributed by atoms with Crippen LogP contribution in [-0.4, -0.2) is 29.0 Å².